The third kappa shape index (κ3) is 3.04. The molecule has 0 saturated heterocycles. The fraction of sp³-hybridized carbons (Fsp3) is 0.0417. The normalized spacial score (nSPS) is 11.1. The smallest absolute Gasteiger partial charge is 0.137 e. The van der Waals surface area contributed by atoms with Gasteiger partial charge >= 0.3 is 0 Å². The molecule has 3 aromatic carbocycles. The molecule has 0 N–H and O–H groups in total. The fourth-order valence-electron chi connectivity index (χ4n) is 3.28. The van der Waals surface area contributed by atoms with E-state index in [0.717, 1.165) is 44.4 Å². The van der Waals surface area contributed by atoms with Gasteiger partial charge in [-0.05, 0) is 41.3 Å². The second kappa shape index (κ2) is 6.61. The molecule has 5 rings (SSSR count). The molecule has 0 aliphatic rings. The minimum atomic E-state index is 0.539. The number of fused-ring (bicyclic) bond motifs is 2. The molecule has 5 aromatic rings. The van der Waals surface area contributed by atoms with Gasteiger partial charge in [-0.15, -0.1) is 0 Å². The molecule has 0 radical (unpaired) electrons. The SMILES string of the molecule is c1ccc(COc2ccc3cncc(-c4cc5ccccc5o4)c3c2)cc1. The highest BCUT2D eigenvalue weighted by molar-refractivity contribution is 5.97. The van der Waals surface area contributed by atoms with Crippen molar-refractivity contribution in [3.63, 3.8) is 0 Å². The highest BCUT2D eigenvalue weighted by Gasteiger charge is 2.11. The molecule has 3 nitrogen and oxygen atoms in total. The van der Waals surface area contributed by atoms with E-state index in [4.69, 9.17) is 9.15 Å². The number of nitrogens with zero attached hydrogens (tertiary/aromatic N) is 1. The average molecular weight is 351 g/mol. The first-order valence-electron chi connectivity index (χ1n) is 8.90. The second-order valence-corrected chi connectivity index (χ2v) is 6.49. The van der Waals surface area contributed by atoms with Crippen molar-refractivity contribution in [3.8, 4) is 17.1 Å². The molecule has 130 valence electrons. The predicted octanol–water partition coefficient (Wildman–Crippen LogP) is 6.23. The lowest BCUT2D eigenvalue weighted by atomic mass is 10.1. The Bertz CT molecular complexity index is 1190. The first-order valence-corrected chi connectivity index (χ1v) is 8.90. The van der Waals surface area contributed by atoms with E-state index < -0.39 is 0 Å². The molecule has 0 saturated carbocycles. The van der Waals surface area contributed by atoms with Crippen LogP contribution in [0.2, 0.25) is 0 Å². The quantitative estimate of drug-likeness (QED) is 0.385. The standard InChI is InChI=1S/C24H17NO2/c1-2-6-17(7-3-1)16-26-20-11-10-19-14-25-15-22(21(19)13-20)24-12-18-8-4-5-9-23(18)27-24/h1-15H,16H2. The summed E-state index contributed by atoms with van der Waals surface area (Å²) in [5.41, 5.74) is 2.99. The highest BCUT2D eigenvalue weighted by Crippen LogP contribution is 2.34. The van der Waals surface area contributed by atoms with Crippen LogP contribution in [0.1, 0.15) is 5.56 Å². The van der Waals surface area contributed by atoms with Crippen LogP contribution in [0.15, 0.2) is 95.7 Å². The van der Waals surface area contributed by atoms with E-state index in [1.807, 2.05) is 60.9 Å². The second-order valence-electron chi connectivity index (χ2n) is 6.49. The molecule has 0 bridgehead atoms. The Kier molecular flexibility index (Phi) is 3.83. The van der Waals surface area contributed by atoms with Crippen molar-refractivity contribution in [2.24, 2.45) is 0 Å². The summed E-state index contributed by atoms with van der Waals surface area (Å²) in [6.07, 6.45) is 3.71. The summed E-state index contributed by atoms with van der Waals surface area (Å²) < 4.78 is 12.0. The number of hydrogen-bond acceptors (Lipinski definition) is 3. The molecule has 0 amide bonds. The van der Waals surface area contributed by atoms with Gasteiger partial charge in [0.2, 0.25) is 0 Å². The number of pyridine rings is 1. The third-order valence-electron chi connectivity index (χ3n) is 4.67. The molecule has 3 heteroatoms. The van der Waals surface area contributed by atoms with E-state index in [0.29, 0.717) is 6.61 Å². The van der Waals surface area contributed by atoms with Crippen molar-refractivity contribution in [3.05, 3.63) is 96.8 Å². The van der Waals surface area contributed by atoms with E-state index in [-0.39, 0.29) is 0 Å². The van der Waals surface area contributed by atoms with Crippen LogP contribution in [0.3, 0.4) is 0 Å². The first kappa shape index (κ1) is 15.6. The summed E-state index contributed by atoms with van der Waals surface area (Å²) >= 11 is 0. The number of ether oxygens (including phenoxy) is 1. The van der Waals surface area contributed by atoms with Crippen LogP contribution >= 0.6 is 0 Å². The van der Waals surface area contributed by atoms with Crippen LogP contribution in [0.25, 0.3) is 33.1 Å². The highest BCUT2D eigenvalue weighted by atomic mass is 16.5. The summed E-state index contributed by atoms with van der Waals surface area (Å²) in [4.78, 5) is 4.38. The largest absolute Gasteiger partial charge is 0.489 e. The van der Waals surface area contributed by atoms with E-state index in [2.05, 4.69) is 35.3 Å². The lowest BCUT2D eigenvalue weighted by Gasteiger charge is -2.09. The Morgan fingerprint density at radius 1 is 0.778 bits per heavy atom. The molecule has 0 unspecified atom stereocenters. The number of aromatic nitrogens is 1. The Morgan fingerprint density at radius 3 is 2.52 bits per heavy atom. The maximum absolute atomic E-state index is 6.05. The summed E-state index contributed by atoms with van der Waals surface area (Å²) in [6.45, 7) is 0.539. The molecule has 0 aliphatic heterocycles. The van der Waals surface area contributed by atoms with Gasteiger partial charge in [-0.2, -0.15) is 0 Å². The van der Waals surface area contributed by atoms with Crippen LogP contribution in [0.4, 0.5) is 0 Å². The minimum absolute atomic E-state index is 0.539. The molecule has 27 heavy (non-hydrogen) atoms. The topological polar surface area (TPSA) is 35.3 Å². The van der Waals surface area contributed by atoms with Gasteiger partial charge < -0.3 is 9.15 Å². The number of benzene rings is 3. The van der Waals surface area contributed by atoms with Gasteiger partial charge in [0.15, 0.2) is 0 Å². The van der Waals surface area contributed by atoms with Crippen molar-refractivity contribution in [1.82, 2.24) is 4.98 Å². The summed E-state index contributed by atoms with van der Waals surface area (Å²) in [6, 6.07) is 26.3. The van der Waals surface area contributed by atoms with Gasteiger partial charge in [0.05, 0.1) is 0 Å². The van der Waals surface area contributed by atoms with Gasteiger partial charge in [-0.3, -0.25) is 4.98 Å². The van der Waals surface area contributed by atoms with Crippen LogP contribution < -0.4 is 4.74 Å². The van der Waals surface area contributed by atoms with Crippen LogP contribution in [0, 0.1) is 0 Å². The fourth-order valence-corrected chi connectivity index (χ4v) is 3.28. The van der Waals surface area contributed by atoms with E-state index in [9.17, 15) is 0 Å². The number of rotatable bonds is 4. The zero-order valence-electron chi connectivity index (χ0n) is 14.6. The average Bonchev–Trinajstić information content (AvgIpc) is 3.16. The lowest BCUT2D eigenvalue weighted by molar-refractivity contribution is 0.306. The predicted molar refractivity (Wildman–Crippen MR) is 108 cm³/mol. The molecule has 0 spiro atoms. The van der Waals surface area contributed by atoms with Crippen LogP contribution in [0.5, 0.6) is 5.75 Å². The monoisotopic (exact) mass is 351 g/mol. The Hall–Kier alpha value is -3.59. The number of para-hydroxylation sites is 1. The summed E-state index contributed by atoms with van der Waals surface area (Å²) in [7, 11) is 0. The van der Waals surface area contributed by atoms with Crippen LogP contribution in [-0.2, 0) is 6.61 Å². The Morgan fingerprint density at radius 2 is 1.63 bits per heavy atom. The molecule has 2 heterocycles. The van der Waals surface area contributed by atoms with Gasteiger partial charge in [-0.1, -0.05) is 48.5 Å². The first-order chi connectivity index (χ1) is 13.4. The lowest BCUT2D eigenvalue weighted by Crippen LogP contribution is -1.95. The molecular weight excluding hydrogens is 334 g/mol. The number of furan rings is 1. The zero-order chi connectivity index (χ0) is 18.1. The molecule has 0 fully saturated rings. The van der Waals surface area contributed by atoms with Gasteiger partial charge in [0.25, 0.3) is 0 Å². The van der Waals surface area contributed by atoms with Crippen LogP contribution in [-0.4, -0.2) is 4.98 Å². The van der Waals surface area contributed by atoms with Crippen molar-refractivity contribution in [1.29, 1.82) is 0 Å². The summed E-state index contributed by atoms with van der Waals surface area (Å²) in [5.74, 6) is 1.64. The van der Waals surface area contributed by atoms with E-state index in [1.165, 1.54) is 0 Å². The Balaban J connectivity index is 1.54. The maximum atomic E-state index is 6.05. The third-order valence-corrected chi connectivity index (χ3v) is 4.67. The van der Waals surface area contributed by atoms with E-state index in [1.54, 1.807) is 0 Å². The van der Waals surface area contributed by atoms with Crippen molar-refractivity contribution in [2.45, 2.75) is 6.61 Å². The minimum Gasteiger partial charge on any atom is -0.489 e. The van der Waals surface area contributed by atoms with E-state index >= 15 is 0 Å². The van der Waals surface area contributed by atoms with Gasteiger partial charge in [0.1, 0.15) is 23.7 Å². The van der Waals surface area contributed by atoms with Gasteiger partial charge in [0, 0.05) is 28.7 Å². The zero-order valence-corrected chi connectivity index (χ0v) is 14.6. The summed E-state index contributed by atoms with van der Waals surface area (Å²) in [5, 5.41) is 3.20. The van der Waals surface area contributed by atoms with Crippen molar-refractivity contribution in [2.75, 3.05) is 0 Å². The van der Waals surface area contributed by atoms with Gasteiger partial charge in [-0.25, -0.2) is 0 Å². The van der Waals surface area contributed by atoms with Crippen molar-refractivity contribution >= 4 is 21.7 Å². The molecule has 0 atom stereocenters. The number of hydrogen-bond donors (Lipinski definition) is 0. The Labute approximate surface area is 156 Å². The molecular formula is C24H17NO2. The van der Waals surface area contributed by atoms with Crippen molar-refractivity contribution < 1.29 is 9.15 Å². The maximum Gasteiger partial charge on any atom is 0.137 e. The molecule has 0 aliphatic carbocycles. The molecule has 2 aromatic heterocycles.